The second kappa shape index (κ2) is 8.15. The van der Waals surface area contributed by atoms with Crippen LogP contribution in [0.25, 0.3) is 10.8 Å². The van der Waals surface area contributed by atoms with E-state index in [4.69, 9.17) is 0 Å². The minimum atomic E-state index is 0.875. The Morgan fingerprint density at radius 1 is 0.700 bits per heavy atom. The molecule has 100 valence electrons. The predicted octanol–water partition coefficient (Wildman–Crippen LogP) is 5.11. The summed E-state index contributed by atoms with van der Waals surface area (Å²) < 4.78 is 0. The first kappa shape index (κ1) is 15.2. The van der Waals surface area contributed by atoms with E-state index in [1.807, 2.05) is 0 Å². The van der Waals surface area contributed by atoms with Crippen molar-refractivity contribution in [3.8, 4) is 23.7 Å². The van der Waals surface area contributed by atoms with E-state index in [1.54, 1.807) is 0 Å². The van der Waals surface area contributed by atoms with Crippen molar-refractivity contribution in [2.24, 2.45) is 0 Å². The molecule has 20 heavy (non-hydrogen) atoms. The van der Waals surface area contributed by atoms with Crippen molar-refractivity contribution in [3.63, 3.8) is 0 Å². The Bertz CT molecular complexity index is 645. The minimum absolute atomic E-state index is 0.875. The molecule has 0 fully saturated rings. The Morgan fingerprint density at radius 2 is 1.15 bits per heavy atom. The molecular weight excluding hydrogens is 376 g/mol. The molecule has 0 aliphatic carbocycles. The molecule has 2 aromatic rings. The van der Waals surface area contributed by atoms with E-state index in [2.05, 4.69) is 91.9 Å². The monoisotopic (exact) mass is 388 g/mol. The minimum Gasteiger partial charge on any atom is -0.0970 e. The Labute approximate surface area is 137 Å². The topological polar surface area (TPSA) is 0 Å². The fourth-order valence-electron chi connectivity index (χ4n) is 1.82. The first-order chi connectivity index (χ1) is 9.83. The van der Waals surface area contributed by atoms with E-state index < -0.39 is 0 Å². The predicted molar refractivity (Wildman–Crippen MR) is 94.5 cm³/mol. The van der Waals surface area contributed by atoms with Crippen molar-refractivity contribution in [3.05, 3.63) is 47.5 Å². The number of benzene rings is 2. The van der Waals surface area contributed by atoms with Gasteiger partial charge in [0.05, 0.1) is 0 Å². The maximum absolute atomic E-state index is 3.38. The summed E-state index contributed by atoms with van der Waals surface area (Å²) in [5.74, 6) is 12.6. The molecule has 0 aliphatic rings. The zero-order chi connectivity index (χ0) is 14.2. The van der Waals surface area contributed by atoms with Gasteiger partial charge in [-0.3, -0.25) is 0 Å². The number of hydrogen-bond donors (Lipinski definition) is 0. The van der Waals surface area contributed by atoms with Gasteiger partial charge in [-0.15, -0.1) is 0 Å². The molecule has 0 N–H and O–H groups in total. The van der Waals surface area contributed by atoms with Gasteiger partial charge in [-0.2, -0.15) is 0 Å². The average molecular weight is 390 g/mol. The van der Waals surface area contributed by atoms with Crippen LogP contribution in [-0.4, -0.2) is 10.7 Å². The van der Waals surface area contributed by atoms with Gasteiger partial charge >= 0.3 is 0 Å². The second-order valence-corrected chi connectivity index (χ2v) is 5.84. The second-order valence-electron chi connectivity index (χ2n) is 4.26. The number of rotatable bonds is 2. The third-order valence-electron chi connectivity index (χ3n) is 2.74. The molecule has 0 saturated heterocycles. The molecule has 0 amide bonds. The lowest BCUT2D eigenvalue weighted by Crippen LogP contribution is -1.80. The smallest absolute Gasteiger partial charge is 0.0251 e. The highest BCUT2D eigenvalue weighted by Crippen LogP contribution is 2.17. The van der Waals surface area contributed by atoms with E-state index in [1.165, 1.54) is 10.8 Å². The van der Waals surface area contributed by atoms with Gasteiger partial charge in [-0.05, 0) is 35.0 Å². The highest BCUT2D eigenvalue weighted by molar-refractivity contribution is 9.09. The molecule has 0 aliphatic heterocycles. The van der Waals surface area contributed by atoms with Crippen LogP contribution in [-0.2, 0) is 0 Å². The highest BCUT2D eigenvalue weighted by Gasteiger charge is 1.96. The van der Waals surface area contributed by atoms with Crippen molar-refractivity contribution in [2.75, 3.05) is 10.7 Å². The van der Waals surface area contributed by atoms with Crippen molar-refractivity contribution in [1.29, 1.82) is 0 Å². The zero-order valence-electron chi connectivity index (χ0n) is 11.0. The quantitative estimate of drug-likeness (QED) is 0.494. The van der Waals surface area contributed by atoms with Crippen LogP contribution in [0.5, 0.6) is 0 Å². The first-order valence-corrected chi connectivity index (χ1v) is 8.71. The molecular formula is C18H14Br2. The van der Waals surface area contributed by atoms with Gasteiger partial charge in [0.1, 0.15) is 0 Å². The molecule has 2 rings (SSSR count). The molecule has 0 radical (unpaired) electrons. The average Bonchev–Trinajstić information content (AvgIpc) is 2.48. The summed E-state index contributed by atoms with van der Waals surface area (Å²) in [5.41, 5.74) is 2.13. The van der Waals surface area contributed by atoms with Crippen molar-refractivity contribution < 1.29 is 0 Å². The van der Waals surface area contributed by atoms with Crippen LogP contribution < -0.4 is 0 Å². The summed E-state index contributed by atoms with van der Waals surface area (Å²) in [5, 5.41) is 4.26. The molecule has 2 heteroatoms. The molecule has 0 nitrogen and oxygen atoms in total. The zero-order valence-corrected chi connectivity index (χ0v) is 14.2. The largest absolute Gasteiger partial charge is 0.0970 e. The van der Waals surface area contributed by atoms with Gasteiger partial charge in [0.2, 0.25) is 0 Å². The van der Waals surface area contributed by atoms with E-state index in [0.29, 0.717) is 0 Å². The Hall–Kier alpha value is -1.22. The Balaban J connectivity index is 2.26. The summed E-state index contributed by atoms with van der Waals surface area (Å²) >= 11 is 6.76. The van der Waals surface area contributed by atoms with Crippen molar-refractivity contribution in [1.82, 2.24) is 0 Å². The van der Waals surface area contributed by atoms with Crippen molar-refractivity contribution >= 4 is 42.6 Å². The van der Waals surface area contributed by atoms with Crippen LogP contribution in [0.4, 0.5) is 0 Å². The molecule has 0 aromatic heterocycles. The standard InChI is InChI=1S/C18H14Br2/c19-11-3-1-5-15-7-9-18-14-16(6-2-4-12-20)8-10-17(18)13-15/h7-10,13-14H,3-4,11-12H2. The van der Waals surface area contributed by atoms with Crippen molar-refractivity contribution in [2.45, 2.75) is 12.8 Å². The van der Waals surface area contributed by atoms with E-state index >= 15 is 0 Å². The fraction of sp³-hybridized carbons (Fsp3) is 0.222. The van der Waals surface area contributed by atoms with Gasteiger partial charge in [-0.1, -0.05) is 67.7 Å². The lowest BCUT2D eigenvalue weighted by molar-refractivity contribution is 1.32. The van der Waals surface area contributed by atoms with Crippen LogP contribution >= 0.6 is 31.9 Å². The normalized spacial score (nSPS) is 9.50. The first-order valence-electron chi connectivity index (χ1n) is 6.47. The molecule has 0 spiro atoms. The number of fused-ring (bicyclic) bond motifs is 1. The lowest BCUT2D eigenvalue weighted by Gasteiger charge is -1.99. The summed E-state index contributed by atoms with van der Waals surface area (Å²) in [4.78, 5) is 0. The lowest BCUT2D eigenvalue weighted by atomic mass is 10.0. The van der Waals surface area contributed by atoms with Gasteiger partial charge in [0.15, 0.2) is 0 Å². The van der Waals surface area contributed by atoms with Crippen LogP contribution in [0.2, 0.25) is 0 Å². The van der Waals surface area contributed by atoms with Gasteiger partial charge in [0.25, 0.3) is 0 Å². The maximum Gasteiger partial charge on any atom is 0.0251 e. The highest BCUT2D eigenvalue weighted by atomic mass is 79.9. The molecule has 2 aromatic carbocycles. The van der Waals surface area contributed by atoms with E-state index in [9.17, 15) is 0 Å². The van der Waals surface area contributed by atoms with Crippen LogP contribution in [0.15, 0.2) is 36.4 Å². The molecule has 0 heterocycles. The van der Waals surface area contributed by atoms with Gasteiger partial charge in [0, 0.05) is 34.6 Å². The third-order valence-corrected chi connectivity index (χ3v) is 3.54. The number of halogens is 2. The summed E-state index contributed by atoms with van der Waals surface area (Å²) in [7, 11) is 0. The van der Waals surface area contributed by atoms with Gasteiger partial charge < -0.3 is 0 Å². The Morgan fingerprint density at radius 3 is 1.55 bits per heavy atom. The third kappa shape index (κ3) is 4.41. The Kier molecular flexibility index (Phi) is 6.19. The summed E-state index contributed by atoms with van der Waals surface area (Å²) in [6.45, 7) is 0. The van der Waals surface area contributed by atoms with Crippen LogP contribution in [0, 0.1) is 23.7 Å². The van der Waals surface area contributed by atoms with E-state index in [0.717, 1.165) is 34.6 Å². The van der Waals surface area contributed by atoms with Crippen LogP contribution in [0.3, 0.4) is 0 Å². The van der Waals surface area contributed by atoms with E-state index in [-0.39, 0.29) is 0 Å². The van der Waals surface area contributed by atoms with Gasteiger partial charge in [-0.25, -0.2) is 0 Å². The number of alkyl halides is 2. The molecule has 0 unspecified atom stereocenters. The molecule has 0 bridgehead atoms. The molecule has 0 saturated carbocycles. The molecule has 0 atom stereocenters. The number of hydrogen-bond acceptors (Lipinski definition) is 0. The maximum atomic E-state index is 3.38. The fourth-order valence-corrected chi connectivity index (χ4v) is 2.22. The summed E-state index contributed by atoms with van der Waals surface area (Å²) in [6, 6.07) is 12.6. The van der Waals surface area contributed by atoms with Crippen LogP contribution in [0.1, 0.15) is 24.0 Å². The summed E-state index contributed by atoms with van der Waals surface area (Å²) in [6.07, 6.45) is 1.75. The SMILES string of the molecule is BrCCC#Cc1ccc2cc(C#CCCBr)ccc2c1.